The summed E-state index contributed by atoms with van der Waals surface area (Å²) < 4.78 is 0. The minimum atomic E-state index is 1.22. The number of fused-ring (bicyclic) bond motifs is 4. The van der Waals surface area contributed by atoms with Gasteiger partial charge in [0.2, 0.25) is 0 Å². The minimum absolute atomic E-state index is 1.22. The van der Waals surface area contributed by atoms with Crippen LogP contribution in [-0.4, -0.2) is 0 Å². The third kappa shape index (κ3) is 6.12. The van der Waals surface area contributed by atoms with Crippen LogP contribution in [0.4, 0.5) is 0 Å². The van der Waals surface area contributed by atoms with E-state index in [1.54, 1.807) is 0 Å². The number of hydrogen-bond donors (Lipinski definition) is 0. The van der Waals surface area contributed by atoms with Gasteiger partial charge in [0.05, 0.1) is 0 Å². The van der Waals surface area contributed by atoms with Crippen LogP contribution in [0.15, 0.2) is 200 Å². The van der Waals surface area contributed by atoms with Gasteiger partial charge in [-0.3, -0.25) is 0 Å². The molecule has 0 bridgehead atoms. The average Bonchev–Trinajstić information content (AvgIpc) is 3.16. The summed E-state index contributed by atoms with van der Waals surface area (Å²) in [7, 11) is 0. The van der Waals surface area contributed by atoms with E-state index in [1.165, 1.54) is 76.5 Å². The summed E-state index contributed by atoms with van der Waals surface area (Å²) in [5.41, 5.74) is 7.39. The number of rotatable bonds is 4. The highest BCUT2D eigenvalue weighted by Crippen LogP contribution is 2.32. The van der Waals surface area contributed by atoms with Crippen molar-refractivity contribution in [2.24, 2.45) is 0 Å². The Labute approximate surface area is 281 Å². The van der Waals surface area contributed by atoms with Crippen LogP contribution in [-0.2, 0) is 0 Å². The van der Waals surface area contributed by atoms with Gasteiger partial charge >= 0.3 is 0 Å². The Hall–Kier alpha value is -6.24. The van der Waals surface area contributed by atoms with Crippen molar-refractivity contribution in [3.8, 4) is 11.1 Å². The molecule has 0 N–H and O–H groups in total. The molecule has 48 heavy (non-hydrogen) atoms. The molecule has 0 spiro atoms. The third-order valence-electron chi connectivity index (χ3n) is 9.04. The van der Waals surface area contributed by atoms with Crippen LogP contribution in [0.5, 0.6) is 0 Å². The molecule has 0 aromatic heterocycles. The molecule has 0 heteroatoms. The lowest BCUT2D eigenvalue weighted by atomic mass is 9.92. The maximum Gasteiger partial charge on any atom is -0.0105 e. The predicted octanol–water partition coefficient (Wildman–Crippen LogP) is 13.2. The molecule has 0 nitrogen and oxygen atoms in total. The Balaban J connectivity index is 0.000000142. The Morgan fingerprint density at radius 2 is 0.625 bits per heavy atom. The van der Waals surface area contributed by atoms with Gasteiger partial charge in [-0.1, -0.05) is 164 Å². The van der Waals surface area contributed by atoms with E-state index in [1.807, 2.05) is 0 Å². The molecule has 0 heterocycles. The lowest BCUT2D eigenvalue weighted by Crippen LogP contribution is -1.89. The van der Waals surface area contributed by atoms with Crippen molar-refractivity contribution in [3.05, 3.63) is 217 Å². The Kier molecular flexibility index (Phi) is 8.05. The molecule has 0 amide bonds. The number of hydrogen-bond acceptors (Lipinski definition) is 0. The van der Waals surface area contributed by atoms with Gasteiger partial charge in [-0.05, 0) is 119 Å². The molecule has 0 aliphatic carbocycles. The summed E-state index contributed by atoms with van der Waals surface area (Å²) in [6, 6.07) is 71.2. The SMILES string of the molecule is C(=C(c1ccccc1)c1ccccc1)c1ccccc1-c1ccccc1.c1ccc2cc3cc4cc5ccccc5cc4cc3cc2c1. The second-order valence-electron chi connectivity index (χ2n) is 12.2. The van der Waals surface area contributed by atoms with Crippen LogP contribution in [0.25, 0.3) is 65.9 Å². The molecule has 0 unspecified atom stereocenters. The van der Waals surface area contributed by atoms with Crippen LogP contribution < -0.4 is 0 Å². The average molecular weight is 611 g/mol. The van der Waals surface area contributed by atoms with Crippen LogP contribution in [0.3, 0.4) is 0 Å². The molecule has 0 saturated heterocycles. The van der Waals surface area contributed by atoms with Gasteiger partial charge in [0.25, 0.3) is 0 Å². The van der Waals surface area contributed by atoms with Crippen LogP contribution in [0.2, 0.25) is 0 Å². The van der Waals surface area contributed by atoms with Crippen molar-refractivity contribution < 1.29 is 0 Å². The zero-order valence-corrected chi connectivity index (χ0v) is 26.6. The van der Waals surface area contributed by atoms with E-state index >= 15 is 0 Å². The van der Waals surface area contributed by atoms with Crippen LogP contribution in [0, 0.1) is 0 Å². The van der Waals surface area contributed by atoms with Gasteiger partial charge in [-0.25, -0.2) is 0 Å². The maximum atomic E-state index is 2.31. The topological polar surface area (TPSA) is 0 Å². The van der Waals surface area contributed by atoms with Gasteiger partial charge in [-0.2, -0.15) is 0 Å². The fourth-order valence-electron chi connectivity index (χ4n) is 6.61. The van der Waals surface area contributed by atoms with Gasteiger partial charge in [0.15, 0.2) is 0 Å². The van der Waals surface area contributed by atoms with Gasteiger partial charge in [0.1, 0.15) is 0 Å². The van der Waals surface area contributed by atoms with E-state index < -0.39 is 0 Å². The van der Waals surface area contributed by atoms with E-state index in [0.717, 1.165) is 0 Å². The Bertz CT molecular complexity index is 2300. The molecule has 0 aliphatic rings. The molecule has 0 aliphatic heterocycles. The summed E-state index contributed by atoms with van der Waals surface area (Å²) in [5, 5.41) is 10.4. The highest BCUT2D eigenvalue weighted by atomic mass is 14.1. The highest BCUT2D eigenvalue weighted by Gasteiger charge is 2.08. The summed E-state index contributed by atoms with van der Waals surface area (Å²) >= 11 is 0. The second-order valence-corrected chi connectivity index (χ2v) is 12.2. The highest BCUT2D eigenvalue weighted by molar-refractivity contribution is 6.08. The molecule has 9 aromatic rings. The normalized spacial score (nSPS) is 10.9. The molecule has 0 atom stereocenters. The molecule has 9 aromatic carbocycles. The monoisotopic (exact) mass is 610 g/mol. The Morgan fingerprint density at radius 3 is 1.06 bits per heavy atom. The first-order valence-corrected chi connectivity index (χ1v) is 16.5. The summed E-state index contributed by atoms with van der Waals surface area (Å²) in [5.74, 6) is 0. The molecular formula is C48H34. The van der Waals surface area contributed by atoms with Crippen molar-refractivity contribution in [2.45, 2.75) is 0 Å². The van der Waals surface area contributed by atoms with E-state index in [0.29, 0.717) is 0 Å². The Morgan fingerprint density at radius 1 is 0.292 bits per heavy atom. The number of benzene rings is 9. The summed E-state index contributed by atoms with van der Waals surface area (Å²) in [4.78, 5) is 0. The fraction of sp³-hybridized carbons (Fsp3) is 0. The minimum Gasteiger partial charge on any atom is -0.0622 e. The lowest BCUT2D eigenvalue weighted by Gasteiger charge is -2.12. The first-order chi connectivity index (χ1) is 23.8. The molecule has 0 saturated carbocycles. The van der Waals surface area contributed by atoms with Gasteiger partial charge < -0.3 is 0 Å². The van der Waals surface area contributed by atoms with Gasteiger partial charge in [-0.15, -0.1) is 0 Å². The van der Waals surface area contributed by atoms with Crippen molar-refractivity contribution in [2.75, 3.05) is 0 Å². The smallest absolute Gasteiger partial charge is 0.0105 e. The van der Waals surface area contributed by atoms with Crippen molar-refractivity contribution in [1.29, 1.82) is 0 Å². The quantitative estimate of drug-likeness (QED) is 0.137. The largest absolute Gasteiger partial charge is 0.0622 e. The molecular weight excluding hydrogens is 577 g/mol. The van der Waals surface area contributed by atoms with Crippen LogP contribution >= 0.6 is 0 Å². The van der Waals surface area contributed by atoms with Crippen molar-refractivity contribution in [3.63, 3.8) is 0 Å². The summed E-state index contributed by atoms with van der Waals surface area (Å²) in [6.07, 6.45) is 2.30. The lowest BCUT2D eigenvalue weighted by molar-refractivity contribution is 1.54. The molecule has 226 valence electrons. The molecule has 9 rings (SSSR count). The zero-order chi connectivity index (χ0) is 32.1. The summed E-state index contributed by atoms with van der Waals surface area (Å²) in [6.45, 7) is 0. The van der Waals surface area contributed by atoms with Crippen molar-refractivity contribution >= 4 is 54.7 Å². The first-order valence-electron chi connectivity index (χ1n) is 16.5. The fourth-order valence-corrected chi connectivity index (χ4v) is 6.61. The second kappa shape index (κ2) is 13.2. The van der Waals surface area contributed by atoms with E-state index in [4.69, 9.17) is 0 Å². The van der Waals surface area contributed by atoms with Crippen LogP contribution in [0.1, 0.15) is 16.7 Å². The predicted molar refractivity (Wildman–Crippen MR) is 208 cm³/mol. The maximum absolute atomic E-state index is 2.31. The van der Waals surface area contributed by atoms with Crippen molar-refractivity contribution in [1.82, 2.24) is 0 Å². The molecule has 0 radical (unpaired) electrons. The first kappa shape index (κ1) is 29.2. The van der Waals surface area contributed by atoms with E-state index in [2.05, 4.69) is 206 Å². The van der Waals surface area contributed by atoms with E-state index in [-0.39, 0.29) is 0 Å². The van der Waals surface area contributed by atoms with Gasteiger partial charge in [0, 0.05) is 0 Å². The standard InChI is InChI=1S/C26H20.C22H14/c1-4-12-21(13-5-1)25-19-11-10-18-24(25)20-26(22-14-6-2-7-15-22)23-16-8-3-9-17-23;1-2-6-16-10-20-14-22-12-18-8-4-3-7-17(18)11-21(22)13-19(20)9-15(16)5-1/h1-20H;1-14H. The van der Waals surface area contributed by atoms with E-state index in [9.17, 15) is 0 Å². The third-order valence-corrected chi connectivity index (χ3v) is 9.04. The molecule has 0 fully saturated rings. The zero-order valence-electron chi connectivity index (χ0n) is 26.6.